The maximum absolute atomic E-state index is 12.6. The average molecular weight is 398 g/mol. The average Bonchev–Trinajstić information content (AvgIpc) is 3.42. The lowest BCUT2D eigenvalue weighted by Crippen LogP contribution is -2.26. The lowest BCUT2D eigenvalue weighted by atomic mass is 10.2. The summed E-state index contributed by atoms with van der Waals surface area (Å²) < 4.78 is 12.2. The van der Waals surface area contributed by atoms with E-state index < -0.39 is 0 Å². The summed E-state index contributed by atoms with van der Waals surface area (Å²) in [4.78, 5) is 16.7. The van der Waals surface area contributed by atoms with E-state index in [2.05, 4.69) is 20.6 Å². The zero-order valence-electron chi connectivity index (χ0n) is 14.9. The summed E-state index contributed by atoms with van der Waals surface area (Å²) in [6.45, 7) is 2.09. The molecular weight excluding hydrogens is 382 g/mol. The van der Waals surface area contributed by atoms with Gasteiger partial charge in [0.25, 0.3) is 5.91 Å². The Morgan fingerprint density at radius 1 is 1.25 bits per heavy atom. The Labute approximate surface area is 165 Å². The van der Waals surface area contributed by atoms with Crippen molar-refractivity contribution >= 4 is 17.5 Å². The van der Waals surface area contributed by atoms with Gasteiger partial charge >= 0.3 is 0 Å². The highest BCUT2D eigenvalue weighted by atomic mass is 35.5. The van der Waals surface area contributed by atoms with Crippen LogP contribution < -0.4 is 5.32 Å². The largest absolute Gasteiger partial charge is 0.463 e. The smallest absolute Gasteiger partial charge is 0.271 e. The van der Waals surface area contributed by atoms with Gasteiger partial charge < -0.3 is 14.3 Å². The summed E-state index contributed by atoms with van der Waals surface area (Å²) in [5, 5.41) is 11.6. The van der Waals surface area contributed by atoms with E-state index in [-0.39, 0.29) is 11.6 Å². The Hall–Kier alpha value is -3.39. The molecule has 3 aromatic heterocycles. The number of carbonyl (C=O) groups is 1. The van der Waals surface area contributed by atoms with Crippen LogP contribution in [-0.2, 0) is 6.42 Å². The number of rotatable bonds is 6. The molecular formula is C19H16ClN5O3. The standard InChI is InChI=1S/C19H16ClN5O3/c1-12-22-18(28-24-12)8-9-21-19(26)15-11-16(17-3-2-10-27-17)25(23-15)14-6-4-13(20)5-7-14/h2-7,10-11H,8-9H2,1H3,(H,21,26). The number of aromatic nitrogens is 4. The molecule has 0 saturated heterocycles. The first kappa shape index (κ1) is 18.0. The Bertz CT molecular complexity index is 1080. The van der Waals surface area contributed by atoms with Crippen molar-refractivity contribution in [3.8, 4) is 17.1 Å². The number of amides is 1. The second-order valence-electron chi connectivity index (χ2n) is 6.02. The number of furan rings is 1. The molecule has 0 aliphatic rings. The van der Waals surface area contributed by atoms with Crippen LogP contribution in [0.25, 0.3) is 17.1 Å². The van der Waals surface area contributed by atoms with E-state index in [4.69, 9.17) is 20.5 Å². The van der Waals surface area contributed by atoms with Crippen molar-refractivity contribution in [2.24, 2.45) is 0 Å². The van der Waals surface area contributed by atoms with Gasteiger partial charge in [0.05, 0.1) is 12.0 Å². The molecule has 0 spiro atoms. The molecule has 3 heterocycles. The van der Waals surface area contributed by atoms with Crippen LogP contribution in [0.4, 0.5) is 0 Å². The summed E-state index contributed by atoms with van der Waals surface area (Å²) in [7, 11) is 0. The fraction of sp³-hybridized carbons (Fsp3) is 0.158. The molecule has 1 N–H and O–H groups in total. The molecule has 1 amide bonds. The highest BCUT2D eigenvalue weighted by Gasteiger charge is 2.18. The summed E-state index contributed by atoms with van der Waals surface area (Å²) in [6.07, 6.45) is 2.01. The topological polar surface area (TPSA) is 99.0 Å². The summed E-state index contributed by atoms with van der Waals surface area (Å²) in [5.41, 5.74) is 1.68. The van der Waals surface area contributed by atoms with Crippen LogP contribution in [0.1, 0.15) is 22.2 Å². The second kappa shape index (κ2) is 7.69. The van der Waals surface area contributed by atoms with E-state index in [0.29, 0.717) is 41.2 Å². The van der Waals surface area contributed by atoms with Crippen molar-refractivity contribution in [2.75, 3.05) is 6.54 Å². The summed E-state index contributed by atoms with van der Waals surface area (Å²) in [5.74, 6) is 1.33. The van der Waals surface area contributed by atoms with Crippen molar-refractivity contribution in [3.05, 3.63) is 71.2 Å². The molecule has 0 fully saturated rings. The third kappa shape index (κ3) is 3.81. The summed E-state index contributed by atoms with van der Waals surface area (Å²) >= 11 is 5.97. The van der Waals surface area contributed by atoms with Gasteiger partial charge in [-0.3, -0.25) is 4.79 Å². The minimum Gasteiger partial charge on any atom is -0.463 e. The first-order valence-electron chi connectivity index (χ1n) is 8.57. The quantitative estimate of drug-likeness (QED) is 0.535. The van der Waals surface area contributed by atoms with Gasteiger partial charge in [-0.25, -0.2) is 4.68 Å². The predicted molar refractivity (Wildman–Crippen MR) is 101 cm³/mol. The zero-order chi connectivity index (χ0) is 19.5. The van der Waals surface area contributed by atoms with E-state index in [0.717, 1.165) is 5.69 Å². The van der Waals surface area contributed by atoms with Crippen molar-refractivity contribution in [1.82, 2.24) is 25.2 Å². The molecule has 9 heteroatoms. The number of aryl methyl sites for hydroxylation is 1. The van der Waals surface area contributed by atoms with E-state index in [1.54, 1.807) is 42.1 Å². The van der Waals surface area contributed by atoms with Gasteiger partial charge in [-0.05, 0) is 43.3 Å². The molecule has 0 aliphatic heterocycles. The summed E-state index contributed by atoms with van der Waals surface area (Å²) in [6, 6.07) is 12.4. The normalized spacial score (nSPS) is 10.9. The van der Waals surface area contributed by atoms with Crippen LogP contribution in [0, 0.1) is 6.92 Å². The minimum atomic E-state index is -0.309. The first-order valence-corrected chi connectivity index (χ1v) is 8.95. The number of carbonyl (C=O) groups excluding carboxylic acids is 1. The number of halogens is 1. The highest BCUT2D eigenvalue weighted by molar-refractivity contribution is 6.30. The lowest BCUT2D eigenvalue weighted by molar-refractivity contribution is 0.0948. The molecule has 28 heavy (non-hydrogen) atoms. The van der Waals surface area contributed by atoms with Crippen LogP contribution in [0.5, 0.6) is 0 Å². The number of hydrogen-bond acceptors (Lipinski definition) is 6. The Balaban J connectivity index is 1.56. The Kier molecular flexibility index (Phi) is 4.94. The van der Waals surface area contributed by atoms with Crippen LogP contribution in [-0.4, -0.2) is 32.4 Å². The molecule has 142 valence electrons. The minimum absolute atomic E-state index is 0.267. The molecule has 0 radical (unpaired) electrons. The third-order valence-electron chi connectivity index (χ3n) is 3.98. The predicted octanol–water partition coefficient (Wildman–Crippen LogP) is 3.45. The van der Waals surface area contributed by atoms with Gasteiger partial charge in [0.2, 0.25) is 5.89 Å². The van der Waals surface area contributed by atoms with E-state index in [1.807, 2.05) is 18.2 Å². The molecule has 0 saturated carbocycles. The molecule has 0 aliphatic carbocycles. The third-order valence-corrected chi connectivity index (χ3v) is 4.23. The SMILES string of the molecule is Cc1noc(CCNC(=O)c2cc(-c3ccco3)n(-c3ccc(Cl)cc3)n2)n1. The zero-order valence-corrected chi connectivity index (χ0v) is 15.7. The molecule has 8 nitrogen and oxygen atoms in total. The van der Waals surface area contributed by atoms with Gasteiger partial charge in [0.15, 0.2) is 17.3 Å². The molecule has 0 unspecified atom stereocenters. The Morgan fingerprint density at radius 2 is 2.07 bits per heavy atom. The maximum Gasteiger partial charge on any atom is 0.271 e. The van der Waals surface area contributed by atoms with Crippen LogP contribution in [0.2, 0.25) is 5.02 Å². The molecule has 4 rings (SSSR count). The highest BCUT2D eigenvalue weighted by Crippen LogP contribution is 2.25. The van der Waals surface area contributed by atoms with Crippen molar-refractivity contribution < 1.29 is 13.7 Å². The monoisotopic (exact) mass is 397 g/mol. The van der Waals surface area contributed by atoms with E-state index in [1.165, 1.54) is 0 Å². The first-order chi connectivity index (χ1) is 13.6. The maximum atomic E-state index is 12.6. The molecule has 0 bridgehead atoms. The van der Waals surface area contributed by atoms with Gasteiger partial charge in [-0.15, -0.1) is 0 Å². The fourth-order valence-corrected chi connectivity index (χ4v) is 2.81. The van der Waals surface area contributed by atoms with Crippen molar-refractivity contribution in [3.63, 3.8) is 0 Å². The second-order valence-corrected chi connectivity index (χ2v) is 6.46. The van der Waals surface area contributed by atoms with Gasteiger partial charge in [0.1, 0.15) is 5.69 Å². The molecule has 1 aromatic carbocycles. The van der Waals surface area contributed by atoms with E-state index >= 15 is 0 Å². The fourth-order valence-electron chi connectivity index (χ4n) is 2.69. The number of nitrogens with zero attached hydrogens (tertiary/aromatic N) is 4. The Morgan fingerprint density at radius 3 is 2.75 bits per heavy atom. The van der Waals surface area contributed by atoms with Crippen molar-refractivity contribution in [2.45, 2.75) is 13.3 Å². The number of benzene rings is 1. The van der Waals surface area contributed by atoms with E-state index in [9.17, 15) is 4.79 Å². The molecule has 0 atom stereocenters. The van der Waals surface area contributed by atoms with Crippen molar-refractivity contribution in [1.29, 1.82) is 0 Å². The van der Waals surface area contributed by atoms with Gasteiger partial charge in [-0.2, -0.15) is 10.1 Å². The lowest BCUT2D eigenvalue weighted by Gasteiger charge is -2.05. The van der Waals surface area contributed by atoms with Crippen LogP contribution >= 0.6 is 11.6 Å². The van der Waals surface area contributed by atoms with Crippen LogP contribution in [0.15, 0.2) is 57.7 Å². The number of nitrogens with one attached hydrogen (secondary N) is 1. The van der Waals surface area contributed by atoms with Gasteiger partial charge in [0, 0.05) is 24.1 Å². The van der Waals surface area contributed by atoms with Gasteiger partial charge in [-0.1, -0.05) is 16.8 Å². The van der Waals surface area contributed by atoms with Crippen LogP contribution in [0.3, 0.4) is 0 Å². The number of hydrogen-bond donors (Lipinski definition) is 1. The molecule has 4 aromatic rings.